The number of nitrogens with two attached hydrogens (primary N) is 1. The molecule has 1 aromatic carbocycles. The summed E-state index contributed by atoms with van der Waals surface area (Å²) >= 11 is 1.61. The second-order valence-corrected chi connectivity index (χ2v) is 5.04. The number of anilines is 1. The van der Waals surface area contributed by atoms with Gasteiger partial charge in [-0.15, -0.1) is 11.8 Å². The van der Waals surface area contributed by atoms with Gasteiger partial charge < -0.3 is 15.4 Å². The largest absolute Gasteiger partial charge is 0.491 e. The lowest BCUT2D eigenvalue weighted by molar-refractivity contribution is 0.321. The van der Waals surface area contributed by atoms with Crippen LogP contribution in [-0.2, 0) is 0 Å². The maximum absolute atomic E-state index is 13.4. The van der Waals surface area contributed by atoms with Gasteiger partial charge in [0.15, 0.2) is 11.6 Å². The topological polar surface area (TPSA) is 38.5 Å². The van der Waals surface area contributed by atoms with Crippen molar-refractivity contribution in [3.05, 3.63) is 17.9 Å². The van der Waals surface area contributed by atoms with Gasteiger partial charge in [0.05, 0.1) is 6.61 Å². The third-order valence-corrected chi connectivity index (χ3v) is 3.21. The first-order chi connectivity index (χ1) is 8.04. The monoisotopic (exact) mass is 258 g/mol. The first-order valence-electron chi connectivity index (χ1n) is 5.54. The predicted octanol–water partition coefficient (Wildman–Crippen LogP) is 2.46. The fourth-order valence-electron chi connectivity index (χ4n) is 1.28. The lowest BCUT2D eigenvalue weighted by atomic mass is 10.3. The van der Waals surface area contributed by atoms with Gasteiger partial charge in [-0.1, -0.05) is 0 Å². The minimum atomic E-state index is -0.402. The van der Waals surface area contributed by atoms with Crippen LogP contribution in [0.4, 0.5) is 10.1 Å². The third-order valence-electron chi connectivity index (χ3n) is 2.16. The highest BCUT2D eigenvalue weighted by molar-refractivity contribution is 7.99. The van der Waals surface area contributed by atoms with E-state index in [1.54, 1.807) is 17.8 Å². The first kappa shape index (κ1) is 14.1. The van der Waals surface area contributed by atoms with Crippen LogP contribution < -0.4 is 10.5 Å². The summed E-state index contributed by atoms with van der Waals surface area (Å²) in [4.78, 5) is 2.97. The summed E-state index contributed by atoms with van der Waals surface area (Å²) in [5, 5.41) is 0. The lowest BCUT2D eigenvalue weighted by Gasteiger charge is -2.12. The van der Waals surface area contributed by atoms with E-state index in [2.05, 4.69) is 4.90 Å². The Balaban J connectivity index is 2.73. The van der Waals surface area contributed by atoms with Gasteiger partial charge in [-0.05, 0) is 27.1 Å². The Bertz CT molecular complexity index is 372. The Kier molecular flexibility index (Phi) is 5.58. The summed E-state index contributed by atoms with van der Waals surface area (Å²) < 4.78 is 18.7. The Morgan fingerprint density at radius 2 is 2.12 bits per heavy atom. The van der Waals surface area contributed by atoms with Gasteiger partial charge in [-0.25, -0.2) is 4.39 Å². The van der Waals surface area contributed by atoms with Crippen molar-refractivity contribution in [1.29, 1.82) is 0 Å². The van der Waals surface area contributed by atoms with Crippen molar-refractivity contribution in [1.82, 2.24) is 4.90 Å². The van der Waals surface area contributed by atoms with Crippen LogP contribution in [0.15, 0.2) is 17.0 Å². The zero-order valence-electron chi connectivity index (χ0n) is 10.5. The summed E-state index contributed by atoms with van der Waals surface area (Å²) in [6.45, 7) is 3.22. The van der Waals surface area contributed by atoms with Crippen LogP contribution in [0.2, 0.25) is 0 Å². The molecule has 3 nitrogen and oxygen atoms in total. The van der Waals surface area contributed by atoms with Crippen LogP contribution in [0.1, 0.15) is 6.92 Å². The van der Waals surface area contributed by atoms with Gasteiger partial charge in [-0.2, -0.15) is 0 Å². The maximum atomic E-state index is 13.4. The molecule has 0 amide bonds. The van der Waals surface area contributed by atoms with Gasteiger partial charge in [0.2, 0.25) is 0 Å². The summed E-state index contributed by atoms with van der Waals surface area (Å²) in [7, 11) is 4.03. The second kappa shape index (κ2) is 6.71. The van der Waals surface area contributed by atoms with E-state index >= 15 is 0 Å². The standard InChI is InChI=1S/C12H19FN2OS/c1-4-16-11-8-12(10(14)7-9(11)13)17-6-5-15(2)3/h7-8H,4-6,14H2,1-3H3. The third kappa shape index (κ3) is 4.44. The molecule has 0 saturated carbocycles. The number of hydrogen-bond donors (Lipinski definition) is 1. The molecule has 0 aromatic heterocycles. The van der Waals surface area contributed by atoms with Crippen molar-refractivity contribution >= 4 is 17.4 Å². The quantitative estimate of drug-likeness (QED) is 0.628. The molecule has 0 radical (unpaired) electrons. The van der Waals surface area contributed by atoms with Crippen LogP contribution >= 0.6 is 11.8 Å². The summed E-state index contributed by atoms with van der Waals surface area (Å²) in [6.07, 6.45) is 0. The smallest absolute Gasteiger partial charge is 0.167 e. The van der Waals surface area contributed by atoms with Gasteiger partial charge in [0.25, 0.3) is 0 Å². The Labute approximate surface area is 106 Å². The molecule has 0 saturated heterocycles. The highest BCUT2D eigenvalue weighted by Gasteiger charge is 2.09. The first-order valence-corrected chi connectivity index (χ1v) is 6.52. The zero-order valence-corrected chi connectivity index (χ0v) is 11.3. The minimum Gasteiger partial charge on any atom is -0.491 e. The molecule has 0 heterocycles. The number of hydrogen-bond acceptors (Lipinski definition) is 4. The van der Waals surface area contributed by atoms with Crippen molar-refractivity contribution in [3.63, 3.8) is 0 Å². The fraction of sp³-hybridized carbons (Fsp3) is 0.500. The summed E-state index contributed by atoms with van der Waals surface area (Å²) in [5.41, 5.74) is 6.24. The van der Waals surface area contributed by atoms with E-state index in [-0.39, 0.29) is 5.75 Å². The maximum Gasteiger partial charge on any atom is 0.167 e. The van der Waals surface area contributed by atoms with Crippen LogP contribution in [0.25, 0.3) is 0 Å². The highest BCUT2D eigenvalue weighted by Crippen LogP contribution is 2.31. The van der Waals surface area contributed by atoms with Crippen molar-refractivity contribution in [2.24, 2.45) is 0 Å². The van der Waals surface area contributed by atoms with Gasteiger partial charge in [-0.3, -0.25) is 0 Å². The molecule has 0 atom stereocenters. The zero-order chi connectivity index (χ0) is 12.8. The molecule has 2 N–H and O–H groups in total. The molecule has 1 rings (SSSR count). The highest BCUT2D eigenvalue weighted by atomic mass is 32.2. The number of ether oxygens (including phenoxy) is 1. The number of thioether (sulfide) groups is 1. The van der Waals surface area contributed by atoms with Crippen molar-refractivity contribution < 1.29 is 9.13 Å². The summed E-state index contributed by atoms with van der Waals surface area (Å²) in [5.74, 6) is 0.782. The van der Waals surface area contributed by atoms with Gasteiger partial charge >= 0.3 is 0 Å². The van der Waals surface area contributed by atoms with Crippen LogP contribution in [-0.4, -0.2) is 37.9 Å². The summed E-state index contributed by atoms with van der Waals surface area (Å²) in [6, 6.07) is 3.00. The Morgan fingerprint density at radius 3 is 2.71 bits per heavy atom. The van der Waals surface area contributed by atoms with Crippen molar-refractivity contribution in [3.8, 4) is 5.75 Å². The average Bonchev–Trinajstić information content (AvgIpc) is 2.24. The molecule has 0 aliphatic heterocycles. The molecule has 0 aliphatic rings. The Hall–Kier alpha value is -0.940. The fourth-order valence-corrected chi connectivity index (χ4v) is 2.37. The average molecular weight is 258 g/mol. The number of nitrogen functional groups attached to an aromatic ring is 1. The molecular formula is C12H19FN2OS. The number of rotatable bonds is 6. The molecular weight excluding hydrogens is 239 g/mol. The van der Waals surface area contributed by atoms with E-state index in [4.69, 9.17) is 10.5 Å². The molecule has 0 spiro atoms. The predicted molar refractivity (Wildman–Crippen MR) is 71.3 cm³/mol. The van der Waals surface area contributed by atoms with E-state index < -0.39 is 5.82 Å². The number of halogens is 1. The molecule has 1 aromatic rings. The molecule has 0 bridgehead atoms. The van der Waals surface area contributed by atoms with Crippen LogP contribution in [0.5, 0.6) is 5.75 Å². The number of nitrogens with zero attached hydrogens (tertiary/aromatic N) is 1. The van der Waals surface area contributed by atoms with Crippen LogP contribution in [0.3, 0.4) is 0 Å². The van der Waals surface area contributed by atoms with Gasteiger partial charge in [0.1, 0.15) is 0 Å². The molecule has 0 fully saturated rings. The van der Waals surface area contributed by atoms with Crippen LogP contribution in [0, 0.1) is 5.82 Å². The van der Waals surface area contributed by atoms with E-state index in [1.165, 1.54) is 6.07 Å². The van der Waals surface area contributed by atoms with E-state index in [9.17, 15) is 4.39 Å². The van der Waals surface area contributed by atoms with E-state index in [0.717, 1.165) is 17.2 Å². The number of benzene rings is 1. The minimum absolute atomic E-state index is 0.272. The molecule has 5 heteroatoms. The molecule has 0 unspecified atom stereocenters. The van der Waals surface area contributed by atoms with E-state index in [1.807, 2.05) is 21.0 Å². The SMILES string of the molecule is CCOc1cc(SCCN(C)C)c(N)cc1F. The lowest BCUT2D eigenvalue weighted by Crippen LogP contribution is -2.14. The van der Waals surface area contributed by atoms with Gasteiger partial charge in [0, 0.05) is 28.9 Å². The van der Waals surface area contributed by atoms with Crippen molar-refractivity contribution in [2.45, 2.75) is 11.8 Å². The van der Waals surface area contributed by atoms with E-state index in [0.29, 0.717) is 12.3 Å². The molecule has 17 heavy (non-hydrogen) atoms. The van der Waals surface area contributed by atoms with Crippen molar-refractivity contribution in [2.75, 3.05) is 38.7 Å². The molecule has 0 aliphatic carbocycles. The normalized spacial score (nSPS) is 10.9. The second-order valence-electron chi connectivity index (χ2n) is 3.91. The molecule has 96 valence electrons. The Morgan fingerprint density at radius 1 is 1.41 bits per heavy atom.